The van der Waals surface area contributed by atoms with Crippen LogP contribution in [0.3, 0.4) is 0 Å². The van der Waals surface area contributed by atoms with E-state index in [-0.39, 0.29) is 0 Å². The summed E-state index contributed by atoms with van der Waals surface area (Å²) in [5.74, 6) is 1.81. The molecule has 0 amide bonds. The Bertz CT molecular complexity index is 879. The van der Waals surface area contributed by atoms with Crippen molar-refractivity contribution in [2.24, 2.45) is 0 Å². The van der Waals surface area contributed by atoms with E-state index < -0.39 is 0 Å². The van der Waals surface area contributed by atoms with Gasteiger partial charge in [0.15, 0.2) is 0 Å². The van der Waals surface area contributed by atoms with Crippen LogP contribution < -0.4 is 14.7 Å². The molecule has 0 aliphatic carbocycles. The molecule has 28 heavy (non-hydrogen) atoms. The first-order valence-electron chi connectivity index (χ1n) is 9.83. The third-order valence-corrected chi connectivity index (χ3v) is 5.42. The second kappa shape index (κ2) is 8.03. The summed E-state index contributed by atoms with van der Waals surface area (Å²) in [5.41, 5.74) is 3.94. The number of benzene rings is 1. The largest absolute Gasteiger partial charge is 0.378 e. The monoisotopic (exact) mass is 378 g/mol. The van der Waals surface area contributed by atoms with Crippen molar-refractivity contribution in [1.82, 2.24) is 9.97 Å². The highest BCUT2D eigenvalue weighted by atomic mass is 16.5. The number of hydrogen-bond donors (Lipinski definition) is 0. The Hall–Kier alpha value is -2.85. The molecule has 0 saturated carbocycles. The zero-order valence-corrected chi connectivity index (χ0v) is 16.6. The van der Waals surface area contributed by atoms with Crippen molar-refractivity contribution in [3.05, 3.63) is 41.1 Å². The minimum absolute atomic E-state index is 0.742. The van der Waals surface area contributed by atoms with E-state index in [1.165, 1.54) is 5.69 Å². The van der Waals surface area contributed by atoms with Gasteiger partial charge in [0.05, 0.1) is 24.8 Å². The lowest BCUT2D eigenvalue weighted by molar-refractivity contribution is 0.122. The summed E-state index contributed by atoms with van der Waals surface area (Å²) in [6, 6.07) is 10.4. The Kier molecular flexibility index (Phi) is 5.31. The third kappa shape index (κ3) is 3.87. The van der Waals surface area contributed by atoms with Crippen molar-refractivity contribution in [1.29, 1.82) is 5.26 Å². The molecule has 146 valence electrons. The fourth-order valence-electron chi connectivity index (χ4n) is 3.77. The lowest BCUT2D eigenvalue weighted by Gasteiger charge is -2.37. The normalized spacial score (nSPS) is 17.5. The number of nitriles is 1. The van der Waals surface area contributed by atoms with Gasteiger partial charge < -0.3 is 19.4 Å². The van der Waals surface area contributed by atoms with Gasteiger partial charge in [-0.25, -0.2) is 4.98 Å². The minimum atomic E-state index is 0.742. The summed E-state index contributed by atoms with van der Waals surface area (Å²) in [6.45, 7) is 10.9. The first kappa shape index (κ1) is 18.5. The molecule has 0 unspecified atom stereocenters. The zero-order valence-electron chi connectivity index (χ0n) is 16.6. The molecule has 2 aliphatic rings. The molecule has 2 aromatic rings. The molecule has 2 saturated heterocycles. The van der Waals surface area contributed by atoms with E-state index in [0.29, 0.717) is 0 Å². The van der Waals surface area contributed by atoms with Crippen LogP contribution in [-0.2, 0) is 4.74 Å². The van der Waals surface area contributed by atoms with E-state index in [2.05, 4.69) is 37.9 Å². The number of piperazine rings is 1. The van der Waals surface area contributed by atoms with Crippen LogP contribution in [0.5, 0.6) is 0 Å². The average Bonchev–Trinajstić information content (AvgIpc) is 2.74. The van der Waals surface area contributed by atoms with Crippen molar-refractivity contribution in [3.63, 3.8) is 0 Å². The van der Waals surface area contributed by atoms with Crippen molar-refractivity contribution in [2.75, 3.05) is 67.2 Å². The smallest absolute Gasteiger partial charge is 0.227 e. The van der Waals surface area contributed by atoms with Crippen LogP contribution in [0.4, 0.5) is 17.5 Å². The Balaban J connectivity index is 1.45. The van der Waals surface area contributed by atoms with Gasteiger partial charge >= 0.3 is 0 Å². The molecule has 3 heterocycles. The number of morpholine rings is 1. The molecule has 7 heteroatoms. The summed E-state index contributed by atoms with van der Waals surface area (Å²) in [4.78, 5) is 16.4. The Morgan fingerprint density at radius 2 is 1.61 bits per heavy atom. The molecule has 1 aromatic heterocycles. The van der Waals surface area contributed by atoms with Crippen molar-refractivity contribution < 1.29 is 4.74 Å². The van der Waals surface area contributed by atoms with Crippen LogP contribution in [-0.4, -0.2) is 62.5 Å². The molecule has 4 rings (SSSR count). The average molecular weight is 378 g/mol. The quantitative estimate of drug-likeness (QED) is 0.810. The van der Waals surface area contributed by atoms with Crippen LogP contribution in [0, 0.1) is 25.2 Å². The lowest BCUT2D eigenvalue weighted by atomic mass is 10.1. The van der Waals surface area contributed by atoms with Crippen LogP contribution in [0.25, 0.3) is 0 Å². The first-order valence-corrected chi connectivity index (χ1v) is 9.83. The van der Waals surface area contributed by atoms with E-state index in [1.54, 1.807) is 0 Å². The van der Waals surface area contributed by atoms with E-state index in [4.69, 9.17) is 15.0 Å². The van der Waals surface area contributed by atoms with E-state index in [9.17, 15) is 0 Å². The van der Waals surface area contributed by atoms with E-state index >= 15 is 0 Å². The Labute approximate surface area is 166 Å². The van der Waals surface area contributed by atoms with Crippen molar-refractivity contribution in [2.45, 2.75) is 13.8 Å². The maximum absolute atomic E-state index is 9.12. The van der Waals surface area contributed by atoms with Crippen LogP contribution in [0.2, 0.25) is 0 Å². The van der Waals surface area contributed by atoms with Gasteiger partial charge in [-0.1, -0.05) is 0 Å². The molecule has 0 radical (unpaired) electrons. The predicted molar refractivity (Wildman–Crippen MR) is 110 cm³/mol. The van der Waals surface area contributed by atoms with Gasteiger partial charge in [0.25, 0.3) is 0 Å². The van der Waals surface area contributed by atoms with Crippen LogP contribution in [0.1, 0.15) is 16.8 Å². The summed E-state index contributed by atoms with van der Waals surface area (Å²) < 4.78 is 5.46. The molecule has 0 spiro atoms. The Morgan fingerprint density at radius 1 is 0.893 bits per heavy atom. The Morgan fingerprint density at radius 3 is 2.29 bits per heavy atom. The van der Waals surface area contributed by atoms with E-state index in [1.807, 2.05) is 26.0 Å². The summed E-state index contributed by atoms with van der Waals surface area (Å²) >= 11 is 0. The summed E-state index contributed by atoms with van der Waals surface area (Å²) in [5, 5.41) is 9.12. The van der Waals surface area contributed by atoms with Crippen LogP contribution >= 0.6 is 0 Å². The standard InChI is InChI=1S/C21H26N6O/c1-16-13-19(4-3-18(16)15-22)25-5-7-27(8-6-25)21-23-17(2)14-20(24-21)26-9-11-28-12-10-26/h3-4,13-14H,5-12H2,1-2H3. The molecule has 1 aromatic carbocycles. The zero-order chi connectivity index (χ0) is 19.5. The van der Waals surface area contributed by atoms with E-state index in [0.717, 1.165) is 81.1 Å². The number of aryl methyl sites for hydroxylation is 2. The number of ether oxygens (including phenoxy) is 1. The predicted octanol–water partition coefficient (Wildman–Crippen LogP) is 2.13. The highest BCUT2D eigenvalue weighted by Crippen LogP contribution is 2.23. The van der Waals surface area contributed by atoms with Gasteiger partial charge in [-0.3, -0.25) is 0 Å². The second-order valence-corrected chi connectivity index (χ2v) is 7.35. The molecule has 2 fully saturated rings. The van der Waals surface area contributed by atoms with Gasteiger partial charge in [0, 0.05) is 56.7 Å². The molecular formula is C21H26N6O. The number of rotatable bonds is 3. The van der Waals surface area contributed by atoms with Crippen LogP contribution in [0.15, 0.2) is 24.3 Å². The number of nitrogens with zero attached hydrogens (tertiary/aromatic N) is 6. The third-order valence-electron chi connectivity index (χ3n) is 5.42. The molecule has 7 nitrogen and oxygen atoms in total. The van der Waals surface area contributed by atoms with Gasteiger partial charge in [-0.2, -0.15) is 10.2 Å². The minimum Gasteiger partial charge on any atom is -0.378 e. The molecule has 0 bridgehead atoms. The first-order chi connectivity index (χ1) is 13.6. The van der Waals surface area contributed by atoms with Gasteiger partial charge in [0.1, 0.15) is 5.82 Å². The highest BCUT2D eigenvalue weighted by molar-refractivity contribution is 5.55. The van der Waals surface area contributed by atoms with Gasteiger partial charge in [-0.15, -0.1) is 0 Å². The maximum atomic E-state index is 9.12. The number of hydrogen-bond acceptors (Lipinski definition) is 7. The number of aromatic nitrogens is 2. The SMILES string of the molecule is Cc1cc(N2CCOCC2)nc(N2CCN(c3ccc(C#N)c(C)c3)CC2)n1. The topological polar surface area (TPSA) is 68.5 Å². The lowest BCUT2D eigenvalue weighted by Crippen LogP contribution is -2.47. The van der Waals surface area contributed by atoms with Gasteiger partial charge in [0.2, 0.25) is 5.95 Å². The fourth-order valence-corrected chi connectivity index (χ4v) is 3.77. The molecule has 0 N–H and O–H groups in total. The maximum Gasteiger partial charge on any atom is 0.227 e. The molecule has 0 atom stereocenters. The highest BCUT2D eigenvalue weighted by Gasteiger charge is 2.22. The molecular weight excluding hydrogens is 352 g/mol. The second-order valence-electron chi connectivity index (χ2n) is 7.35. The molecule has 2 aliphatic heterocycles. The fraction of sp³-hybridized carbons (Fsp3) is 0.476. The van der Waals surface area contributed by atoms with Crippen molar-refractivity contribution in [3.8, 4) is 6.07 Å². The summed E-state index contributed by atoms with van der Waals surface area (Å²) in [7, 11) is 0. The van der Waals surface area contributed by atoms with Gasteiger partial charge in [-0.05, 0) is 37.6 Å². The summed E-state index contributed by atoms with van der Waals surface area (Å²) in [6.07, 6.45) is 0. The number of anilines is 3. The van der Waals surface area contributed by atoms with Crippen molar-refractivity contribution >= 4 is 17.5 Å².